The first-order valence-electron chi connectivity index (χ1n) is 9.11. The summed E-state index contributed by atoms with van der Waals surface area (Å²) in [5.74, 6) is -1.36. The fraction of sp³-hybridized carbons (Fsp3) is 0.381. The van der Waals surface area contributed by atoms with E-state index < -0.39 is 29.7 Å². The van der Waals surface area contributed by atoms with Gasteiger partial charge in [-0.05, 0) is 37.6 Å². The van der Waals surface area contributed by atoms with E-state index in [0.29, 0.717) is 30.0 Å². The molecule has 5 nitrogen and oxygen atoms in total. The number of rotatable bonds is 6. The van der Waals surface area contributed by atoms with Crippen LogP contribution in [0.2, 0.25) is 0 Å². The largest absolute Gasteiger partial charge is 0.497 e. The molecule has 2 atom stereocenters. The number of nitrogens with zero attached hydrogens (tertiary/aromatic N) is 1. The third kappa shape index (κ3) is 3.94. The maximum absolute atomic E-state index is 14.8. The van der Waals surface area contributed by atoms with Crippen LogP contribution < -0.4 is 9.47 Å². The SMILES string of the molecule is COc1ccc(C(c2ccc(F)cc2F)N2CCCCC2C(=O)O)c(OC)c1. The van der Waals surface area contributed by atoms with Gasteiger partial charge in [-0.1, -0.05) is 12.5 Å². The number of aliphatic carboxylic acids is 1. The third-order valence-corrected chi connectivity index (χ3v) is 5.15. The van der Waals surface area contributed by atoms with Crippen LogP contribution in [0.4, 0.5) is 8.78 Å². The van der Waals surface area contributed by atoms with Crippen molar-refractivity contribution in [3.63, 3.8) is 0 Å². The van der Waals surface area contributed by atoms with Crippen LogP contribution in [0.5, 0.6) is 11.5 Å². The number of methoxy groups -OCH3 is 2. The Morgan fingerprint density at radius 2 is 1.86 bits per heavy atom. The molecular weight excluding hydrogens is 368 g/mol. The Balaban J connectivity index is 2.18. The third-order valence-electron chi connectivity index (χ3n) is 5.15. The van der Waals surface area contributed by atoms with Gasteiger partial charge in [-0.15, -0.1) is 0 Å². The summed E-state index contributed by atoms with van der Waals surface area (Å²) in [4.78, 5) is 13.6. The Morgan fingerprint density at radius 1 is 1.11 bits per heavy atom. The molecule has 0 aromatic heterocycles. The van der Waals surface area contributed by atoms with E-state index in [4.69, 9.17) is 9.47 Å². The van der Waals surface area contributed by atoms with Crippen LogP contribution in [-0.2, 0) is 4.79 Å². The second kappa shape index (κ2) is 8.56. The zero-order valence-corrected chi connectivity index (χ0v) is 15.8. The van der Waals surface area contributed by atoms with Crippen LogP contribution in [0.3, 0.4) is 0 Å². The summed E-state index contributed by atoms with van der Waals surface area (Å²) in [6.07, 6.45) is 2.04. The molecule has 7 heteroatoms. The summed E-state index contributed by atoms with van der Waals surface area (Å²) in [5.41, 5.74) is 0.806. The van der Waals surface area contributed by atoms with Gasteiger partial charge in [0.25, 0.3) is 0 Å². The molecule has 2 unspecified atom stereocenters. The van der Waals surface area contributed by atoms with Crippen molar-refractivity contribution in [2.75, 3.05) is 20.8 Å². The topological polar surface area (TPSA) is 59.0 Å². The van der Waals surface area contributed by atoms with Gasteiger partial charge >= 0.3 is 5.97 Å². The van der Waals surface area contributed by atoms with Gasteiger partial charge in [0.05, 0.1) is 20.3 Å². The fourth-order valence-electron chi connectivity index (χ4n) is 3.82. The number of halogens is 2. The Kier molecular flexibility index (Phi) is 6.14. The second-order valence-electron chi connectivity index (χ2n) is 6.76. The molecule has 150 valence electrons. The van der Waals surface area contributed by atoms with E-state index in [1.807, 2.05) is 0 Å². The first-order valence-corrected chi connectivity index (χ1v) is 9.11. The first kappa shape index (κ1) is 20.1. The molecule has 3 rings (SSSR count). The van der Waals surface area contributed by atoms with Crippen LogP contribution >= 0.6 is 0 Å². The van der Waals surface area contributed by atoms with Crippen molar-refractivity contribution in [2.24, 2.45) is 0 Å². The van der Waals surface area contributed by atoms with Gasteiger partial charge < -0.3 is 14.6 Å². The molecule has 1 N–H and O–H groups in total. The maximum atomic E-state index is 14.8. The van der Waals surface area contributed by atoms with Crippen molar-refractivity contribution in [3.05, 3.63) is 59.2 Å². The normalized spacial score (nSPS) is 18.5. The lowest BCUT2D eigenvalue weighted by atomic mass is 9.90. The van der Waals surface area contributed by atoms with E-state index >= 15 is 0 Å². The number of ether oxygens (including phenoxy) is 2. The highest BCUT2D eigenvalue weighted by Crippen LogP contribution is 2.40. The van der Waals surface area contributed by atoms with Crippen molar-refractivity contribution in [3.8, 4) is 11.5 Å². The first-order chi connectivity index (χ1) is 13.5. The molecule has 0 bridgehead atoms. The van der Waals surface area contributed by atoms with Crippen molar-refractivity contribution in [1.29, 1.82) is 0 Å². The van der Waals surface area contributed by atoms with Crippen LogP contribution in [0.15, 0.2) is 36.4 Å². The Hall–Kier alpha value is -2.67. The van der Waals surface area contributed by atoms with Crippen molar-refractivity contribution >= 4 is 5.97 Å². The number of benzene rings is 2. The molecule has 1 saturated heterocycles. The number of carboxylic acids is 1. The minimum Gasteiger partial charge on any atom is -0.497 e. The molecule has 0 amide bonds. The summed E-state index contributed by atoms with van der Waals surface area (Å²) >= 11 is 0. The number of hydrogen-bond donors (Lipinski definition) is 1. The number of piperidine rings is 1. The predicted molar refractivity (Wildman–Crippen MR) is 99.7 cm³/mol. The number of hydrogen-bond acceptors (Lipinski definition) is 4. The lowest BCUT2D eigenvalue weighted by Gasteiger charge is -2.40. The number of carbonyl (C=O) groups is 1. The van der Waals surface area contributed by atoms with E-state index in [9.17, 15) is 18.7 Å². The van der Waals surface area contributed by atoms with Gasteiger partial charge in [0, 0.05) is 23.3 Å². The highest BCUT2D eigenvalue weighted by Gasteiger charge is 2.37. The van der Waals surface area contributed by atoms with Gasteiger partial charge in [0.2, 0.25) is 0 Å². The second-order valence-corrected chi connectivity index (χ2v) is 6.76. The summed E-state index contributed by atoms with van der Waals surface area (Å²) < 4.78 is 39.0. The monoisotopic (exact) mass is 391 g/mol. The fourth-order valence-corrected chi connectivity index (χ4v) is 3.82. The molecule has 1 heterocycles. The molecule has 0 saturated carbocycles. The minimum atomic E-state index is -0.959. The van der Waals surface area contributed by atoms with E-state index in [1.54, 1.807) is 23.1 Å². The van der Waals surface area contributed by atoms with E-state index in [2.05, 4.69) is 0 Å². The molecule has 1 aliphatic rings. The molecule has 2 aromatic carbocycles. The Bertz CT molecular complexity index is 858. The summed E-state index contributed by atoms with van der Waals surface area (Å²) in [6, 6.07) is 6.98. The van der Waals surface area contributed by atoms with Crippen molar-refractivity contribution < 1.29 is 28.2 Å². The van der Waals surface area contributed by atoms with E-state index in [1.165, 1.54) is 26.4 Å². The van der Waals surface area contributed by atoms with E-state index in [0.717, 1.165) is 18.9 Å². The lowest BCUT2D eigenvalue weighted by Crippen LogP contribution is -2.47. The summed E-state index contributed by atoms with van der Waals surface area (Å²) in [6.45, 7) is 0.480. The molecule has 0 spiro atoms. The Labute approximate surface area is 162 Å². The average molecular weight is 391 g/mol. The smallest absolute Gasteiger partial charge is 0.320 e. The molecular formula is C21H23F2NO4. The maximum Gasteiger partial charge on any atom is 0.320 e. The molecule has 1 fully saturated rings. The summed E-state index contributed by atoms with van der Waals surface area (Å²) in [5, 5.41) is 9.73. The summed E-state index contributed by atoms with van der Waals surface area (Å²) in [7, 11) is 3.01. The van der Waals surface area contributed by atoms with Crippen LogP contribution in [0.25, 0.3) is 0 Å². The number of likely N-dealkylation sites (tertiary alicyclic amines) is 1. The molecule has 0 radical (unpaired) electrons. The quantitative estimate of drug-likeness (QED) is 0.806. The molecule has 28 heavy (non-hydrogen) atoms. The minimum absolute atomic E-state index is 0.206. The van der Waals surface area contributed by atoms with Gasteiger partial charge in [0.1, 0.15) is 29.2 Å². The average Bonchev–Trinajstić information content (AvgIpc) is 2.70. The number of carboxylic acid groups (broad SMARTS) is 1. The van der Waals surface area contributed by atoms with Crippen molar-refractivity contribution in [1.82, 2.24) is 4.90 Å². The predicted octanol–water partition coefficient (Wildman–Crippen LogP) is 4.01. The van der Waals surface area contributed by atoms with Gasteiger partial charge in [-0.25, -0.2) is 8.78 Å². The molecule has 1 aliphatic heterocycles. The van der Waals surface area contributed by atoms with Gasteiger partial charge in [-0.2, -0.15) is 0 Å². The van der Waals surface area contributed by atoms with E-state index in [-0.39, 0.29) is 5.56 Å². The van der Waals surface area contributed by atoms with Gasteiger partial charge in [0.15, 0.2) is 0 Å². The lowest BCUT2D eigenvalue weighted by molar-refractivity contribution is -0.145. The zero-order valence-electron chi connectivity index (χ0n) is 15.8. The van der Waals surface area contributed by atoms with Crippen LogP contribution in [0.1, 0.15) is 36.4 Å². The molecule has 2 aromatic rings. The van der Waals surface area contributed by atoms with Crippen LogP contribution in [0, 0.1) is 11.6 Å². The highest BCUT2D eigenvalue weighted by molar-refractivity contribution is 5.74. The van der Waals surface area contributed by atoms with Crippen molar-refractivity contribution in [2.45, 2.75) is 31.3 Å². The molecule has 0 aliphatic carbocycles. The van der Waals surface area contributed by atoms with Gasteiger partial charge in [-0.3, -0.25) is 9.69 Å². The highest BCUT2D eigenvalue weighted by atomic mass is 19.1. The standard InChI is InChI=1S/C21H23F2NO4/c1-27-14-7-9-16(19(12-14)28-2)20(15-8-6-13(22)11-17(15)23)24-10-4-3-5-18(24)21(25)26/h6-9,11-12,18,20H,3-5,10H2,1-2H3,(H,25,26). The Morgan fingerprint density at radius 3 is 2.50 bits per heavy atom. The zero-order chi connectivity index (χ0) is 20.3. The van der Waals surface area contributed by atoms with Crippen LogP contribution in [-0.4, -0.2) is 42.8 Å².